The average Bonchev–Trinajstić information content (AvgIpc) is 2.56. The van der Waals surface area contributed by atoms with Crippen molar-refractivity contribution in [3.63, 3.8) is 0 Å². The number of carbonyl (C=O) groups excluding carboxylic acids is 2. The van der Waals surface area contributed by atoms with Gasteiger partial charge in [0.25, 0.3) is 0 Å². The summed E-state index contributed by atoms with van der Waals surface area (Å²) in [4.78, 5) is 24.7. The van der Waals surface area contributed by atoms with Crippen molar-refractivity contribution < 1.29 is 27.5 Å². The third kappa shape index (κ3) is 4.11. The first-order chi connectivity index (χ1) is 9.87. The topological polar surface area (TPSA) is 58.6 Å². The van der Waals surface area contributed by atoms with E-state index < -0.39 is 25.2 Å². The van der Waals surface area contributed by atoms with Crippen LogP contribution < -0.4 is 15.0 Å². The Labute approximate surface area is 118 Å². The Kier molecular flexibility index (Phi) is 4.35. The molecule has 1 heterocycles. The van der Waals surface area contributed by atoms with E-state index in [9.17, 15) is 22.8 Å². The van der Waals surface area contributed by atoms with Gasteiger partial charge in [-0.05, 0) is 12.1 Å². The van der Waals surface area contributed by atoms with Crippen molar-refractivity contribution in [2.45, 2.75) is 12.6 Å². The monoisotopic (exact) mass is 302 g/mol. The smallest absolute Gasteiger partial charge is 0.405 e. The zero-order valence-corrected chi connectivity index (χ0v) is 10.9. The third-order valence-electron chi connectivity index (χ3n) is 2.82. The number of carbonyl (C=O) groups is 2. The van der Waals surface area contributed by atoms with E-state index in [1.807, 2.05) is 0 Å². The molecule has 0 aliphatic carbocycles. The molecule has 114 valence electrons. The molecule has 0 fully saturated rings. The second-order valence-electron chi connectivity index (χ2n) is 4.44. The number of ether oxygens (including phenoxy) is 1. The first-order valence-electron chi connectivity index (χ1n) is 6.22. The first-order valence-corrected chi connectivity index (χ1v) is 6.22. The van der Waals surface area contributed by atoms with E-state index in [2.05, 4.69) is 0 Å². The fourth-order valence-electron chi connectivity index (χ4n) is 1.89. The van der Waals surface area contributed by atoms with Crippen molar-refractivity contribution in [2.75, 3.05) is 24.6 Å². The van der Waals surface area contributed by atoms with Crippen molar-refractivity contribution in [2.24, 2.45) is 0 Å². The molecule has 0 radical (unpaired) electrons. The lowest BCUT2D eigenvalue weighted by atomic mass is 10.2. The van der Waals surface area contributed by atoms with E-state index >= 15 is 0 Å². The van der Waals surface area contributed by atoms with E-state index in [1.165, 1.54) is 0 Å². The molecule has 21 heavy (non-hydrogen) atoms. The summed E-state index contributed by atoms with van der Waals surface area (Å²) >= 11 is 0. The van der Waals surface area contributed by atoms with Crippen molar-refractivity contribution in [3.8, 4) is 5.75 Å². The highest BCUT2D eigenvalue weighted by atomic mass is 19.4. The van der Waals surface area contributed by atoms with Crippen LogP contribution in [0.15, 0.2) is 24.3 Å². The molecule has 0 aromatic heterocycles. The molecule has 1 aliphatic heterocycles. The van der Waals surface area contributed by atoms with Crippen LogP contribution in [0.5, 0.6) is 5.75 Å². The Morgan fingerprint density at radius 2 is 2.05 bits per heavy atom. The van der Waals surface area contributed by atoms with Crippen molar-refractivity contribution >= 4 is 17.5 Å². The Bertz CT molecular complexity index is 546. The maximum Gasteiger partial charge on any atom is 0.405 e. The van der Waals surface area contributed by atoms with Crippen LogP contribution in [0.2, 0.25) is 0 Å². The second-order valence-corrected chi connectivity index (χ2v) is 4.44. The fourth-order valence-corrected chi connectivity index (χ4v) is 1.89. The summed E-state index contributed by atoms with van der Waals surface area (Å²) in [5.41, 5.74) is 0.377. The van der Waals surface area contributed by atoms with Gasteiger partial charge in [0, 0.05) is 0 Å². The standard InChI is InChI=1S/C13H13F3N2O3/c14-13(15,16)8-17-11(19)7-18-9-3-1-2-4-10(9)21-6-5-12(18)20/h1-4H,5-8H2,(H,17,19). The highest BCUT2D eigenvalue weighted by molar-refractivity contribution is 6.00. The van der Waals surface area contributed by atoms with Crippen LogP contribution in [-0.4, -0.2) is 37.7 Å². The van der Waals surface area contributed by atoms with E-state index in [0.717, 1.165) is 4.90 Å². The molecule has 8 heteroatoms. The average molecular weight is 302 g/mol. The molecule has 0 atom stereocenters. The molecule has 2 amide bonds. The molecule has 5 nitrogen and oxygen atoms in total. The lowest BCUT2D eigenvalue weighted by Crippen LogP contribution is -2.43. The number of nitrogens with one attached hydrogen (secondary N) is 1. The van der Waals surface area contributed by atoms with Gasteiger partial charge in [0.1, 0.15) is 18.8 Å². The lowest BCUT2D eigenvalue weighted by Gasteiger charge is -2.21. The van der Waals surface area contributed by atoms with Gasteiger partial charge in [-0.15, -0.1) is 0 Å². The van der Waals surface area contributed by atoms with Crippen LogP contribution >= 0.6 is 0 Å². The number of nitrogens with zero attached hydrogens (tertiary/aromatic N) is 1. The number of anilines is 1. The minimum Gasteiger partial charge on any atom is -0.491 e. The van der Waals surface area contributed by atoms with Crippen molar-refractivity contribution in [1.29, 1.82) is 0 Å². The molecule has 0 saturated carbocycles. The van der Waals surface area contributed by atoms with Crippen LogP contribution in [0.4, 0.5) is 18.9 Å². The Hall–Kier alpha value is -2.25. The van der Waals surface area contributed by atoms with Gasteiger partial charge in [0.05, 0.1) is 18.7 Å². The molecule has 2 rings (SSSR count). The molecule has 1 N–H and O–H groups in total. The van der Waals surface area contributed by atoms with Gasteiger partial charge in [0.15, 0.2) is 0 Å². The SMILES string of the molecule is O=C(CN1C(=O)CCOc2ccccc21)NCC(F)(F)F. The molecule has 1 aromatic rings. The zero-order valence-electron chi connectivity index (χ0n) is 10.9. The molecule has 0 bridgehead atoms. The number of rotatable bonds is 3. The number of para-hydroxylation sites is 2. The predicted molar refractivity (Wildman–Crippen MR) is 68.0 cm³/mol. The number of amides is 2. The number of halogens is 3. The number of alkyl halides is 3. The van der Waals surface area contributed by atoms with Crippen LogP contribution in [0.25, 0.3) is 0 Å². The highest BCUT2D eigenvalue weighted by Gasteiger charge is 2.29. The summed E-state index contributed by atoms with van der Waals surface area (Å²) < 4.78 is 41.6. The van der Waals surface area contributed by atoms with Crippen LogP contribution in [0.1, 0.15) is 6.42 Å². The van der Waals surface area contributed by atoms with E-state index in [1.54, 1.807) is 29.6 Å². The summed E-state index contributed by atoms with van der Waals surface area (Å²) in [6, 6.07) is 6.57. The summed E-state index contributed by atoms with van der Waals surface area (Å²) in [5, 5.41) is 1.74. The third-order valence-corrected chi connectivity index (χ3v) is 2.82. The van der Waals surface area contributed by atoms with Crippen LogP contribution in [-0.2, 0) is 9.59 Å². The number of hydrogen-bond acceptors (Lipinski definition) is 3. The van der Waals surface area contributed by atoms with Gasteiger partial charge in [-0.2, -0.15) is 13.2 Å². The van der Waals surface area contributed by atoms with E-state index in [0.29, 0.717) is 11.4 Å². The zero-order chi connectivity index (χ0) is 15.5. The maximum atomic E-state index is 12.1. The van der Waals surface area contributed by atoms with Gasteiger partial charge in [-0.1, -0.05) is 12.1 Å². The second kappa shape index (κ2) is 6.02. The van der Waals surface area contributed by atoms with Gasteiger partial charge < -0.3 is 10.1 Å². The molecular weight excluding hydrogens is 289 g/mol. The first kappa shape index (κ1) is 15.1. The molecule has 1 aliphatic rings. The summed E-state index contributed by atoms with van der Waals surface area (Å²) in [6.45, 7) is -1.74. The molecular formula is C13H13F3N2O3. The molecule has 0 unspecified atom stereocenters. The molecule has 0 saturated heterocycles. The van der Waals surface area contributed by atoms with E-state index in [-0.39, 0.29) is 18.9 Å². The van der Waals surface area contributed by atoms with Crippen LogP contribution in [0, 0.1) is 0 Å². The van der Waals surface area contributed by atoms with Gasteiger partial charge in [-0.25, -0.2) is 0 Å². The minimum absolute atomic E-state index is 0.0568. The van der Waals surface area contributed by atoms with Crippen molar-refractivity contribution in [3.05, 3.63) is 24.3 Å². The Morgan fingerprint density at radius 3 is 2.76 bits per heavy atom. The van der Waals surface area contributed by atoms with Gasteiger partial charge >= 0.3 is 6.18 Å². The quantitative estimate of drug-likeness (QED) is 0.920. The largest absolute Gasteiger partial charge is 0.491 e. The minimum atomic E-state index is -4.49. The fraction of sp³-hybridized carbons (Fsp3) is 0.385. The summed E-state index contributed by atoms with van der Waals surface area (Å²) in [7, 11) is 0. The lowest BCUT2D eigenvalue weighted by molar-refractivity contribution is -0.138. The molecule has 0 spiro atoms. The molecule has 1 aromatic carbocycles. The number of fused-ring (bicyclic) bond motifs is 1. The normalized spacial score (nSPS) is 15.0. The highest BCUT2D eigenvalue weighted by Crippen LogP contribution is 2.30. The Balaban J connectivity index is 2.10. The maximum absolute atomic E-state index is 12.1. The number of hydrogen-bond donors (Lipinski definition) is 1. The van der Waals surface area contributed by atoms with Crippen LogP contribution in [0.3, 0.4) is 0 Å². The predicted octanol–water partition coefficient (Wildman–Crippen LogP) is 1.48. The summed E-state index contributed by atoms with van der Waals surface area (Å²) in [6.07, 6.45) is -4.43. The van der Waals surface area contributed by atoms with E-state index in [4.69, 9.17) is 4.74 Å². The van der Waals surface area contributed by atoms with Gasteiger partial charge in [0.2, 0.25) is 11.8 Å². The number of benzene rings is 1. The van der Waals surface area contributed by atoms with Gasteiger partial charge in [-0.3, -0.25) is 14.5 Å². The Morgan fingerprint density at radius 1 is 1.33 bits per heavy atom. The van der Waals surface area contributed by atoms with Crippen molar-refractivity contribution in [1.82, 2.24) is 5.32 Å². The summed E-state index contributed by atoms with van der Waals surface area (Å²) in [5.74, 6) is -0.827.